The van der Waals surface area contributed by atoms with Crippen molar-refractivity contribution in [3.63, 3.8) is 0 Å². The molecule has 0 aliphatic carbocycles. The summed E-state index contributed by atoms with van der Waals surface area (Å²) < 4.78 is 13.0. The van der Waals surface area contributed by atoms with E-state index in [1.54, 1.807) is 12.1 Å². The molecule has 0 aliphatic rings. The van der Waals surface area contributed by atoms with Crippen LogP contribution in [0.4, 0.5) is 10.1 Å². The van der Waals surface area contributed by atoms with Gasteiger partial charge in [-0.15, -0.1) is 0 Å². The number of benzene rings is 1. The summed E-state index contributed by atoms with van der Waals surface area (Å²) in [5.74, 6) is -0.221. The standard InChI is InChI=1S/C12H16FNO/c1-14(2)12-7-6-11(13)9-10(12)5-3-4-8-15/h6-9H,3-5H2,1-2H3. The minimum Gasteiger partial charge on any atom is -0.377 e. The second kappa shape index (κ2) is 5.49. The minimum absolute atomic E-state index is 0.221. The highest BCUT2D eigenvalue weighted by atomic mass is 19.1. The van der Waals surface area contributed by atoms with Crippen molar-refractivity contribution in [2.75, 3.05) is 19.0 Å². The first kappa shape index (κ1) is 11.7. The van der Waals surface area contributed by atoms with Crippen LogP contribution in [-0.2, 0) is 11.2 Å². The number of carbonyl (C=O) groups is 1. The first-order chi connectivity index (χ1) is 7.15. The van der Waals surface area contributed by atoms with E-state index in [2.05, 4.69) is 0 Å². The Hall–Kier alpha value is -1.38. The van der Waals surface area contributed by atoms with Crippen LogP contribution in [0, 0.1) is 5.82 Å². The first-order valence-corrected chi connectivity index (χ1v) is 5.04. The lowest BCUT2D eigenvalue weighted by atomic mass is 10.1. The zero-order valence-corrected chi connectivity index (χ0v) is 9.16. The smallest absolute Gasteiger partial charge is 0.123 e. The molecule has 0 aliphatic heterocycles. The summed E-state index contributed by atoms with van der Waals surface area (Å²) >= 11 is 0. The Morgan fingerprint density at radius 1 is 1.40 bits per heavy atom. The quantitative estimate of drug-likeness (QED) is 0.548. The number of nitrogens with zero attached hydrogens (tertiary/aromatic N) is 1. The van der Waals surface area contributed by atoms with E-state index in [9.17, 15) is 9.18 Å². The predicted molar refractivity (Wildman–Crippen MR) is 59.7 cm³/mol. The summed E-state index contributed by atoms with van der Waals surface area (Å²) in [7, 11) is 3.85. The largest absolute Gasteiger partial charge is 0.377 e. The molecule has 0 heterocycles. The van der Waals surface area contributed by atoms with Crippen LogP contribution in [0.5, 0.6) is 0 Å². The predicted octanol–water partition coefficient (Wildman–Crippen LogP) is 2.41. The Morgan fingerprint density at radius 3 is 2.73 bits per heavy atom. The van der Waals surface area contributed by atoms with Crippen molar-refractivity contribution in [1.82, 2.24) is 0 Å². The van der Waals surface area contributed by atoms with Crippen molar-refractivity contribution < 1.29 is 9.18 Å². The lowest BCUT2D eigenvalue weighted by molar-refractivity contribution is -0.107. The van der Waals surface area contributed by atoms with Gasteiger partial charge in [-0.1, -0.05) is 0 Å². The summed E-state index contributed by atoms with van der Waals surface area (Å²) in [6.07, 6.45) is 2.94. The van der Waals surface area contributed by atoms with E-state index >= 15 is 0 Å². The van der Waals surface area contributed by atoms with Crippen LogP contribution >= 0.6 is 0 Å². The van der Waals surface area contributed by atoms with Crippen LogP contribution in [-0.4, -0.2) is 20.4 Å². The molecular weight excluding hydrogens is 193 g/mol. The topological polar surface area (TPSA) is 20.3 Å². The molecule has 3 heteroatoms. The van der Waals surface area contributed by atoms with Gasteiger partial charge in [0.2, 0.25) is 0 Å². The third kappa shape index (κ3) is 3.35. The molecule has 1 rings (SSSR count). The summed E-state index contributed by atoms with van der Waals surface area (Å²) in [5, 5.41) is 0. The Bertz CT molecular complexity index is 336. The van der Waals surface area contributed by atoms with E-state index in [1.165, 1.54) is 6.07 Å². The number of carbonyl (C=O) groups excluding carboxylic acids is 1. The highest BCUT2D eigenvalue weighted by Crippen LogP contribution is 2.21. The van der Waals surface area contributed by atoms with Gasteiger partial charge in [-0.3, -0.25) is 0 Å². The highest BCUT2D eigenvalue weighted by molar-refractivity contribution is 5.53. The average Bonchev–Trinajstić information content (AvgIpc) is 2.18. The minimum atomic E-state index is -0.221. The number of unbranched alkanes of at least 4 members (excludes halogenated alkanes) is 1. The average molecular weight is 209 g/mol. The Labute approximate surface area is 89.7 Å². The number of aldehydes is 1. The van der Waals surface area contributed by atoms with Crippen LogP contribution in [0.1, 0.15) is 18.4 Å². The van der Waals surface area contributed by atoms with E-state index in [0.29, 0.717) is 6.42 Å². The molecule has 2 nitrogen and oxygen atoms in total. The van der Waals surface area contributed by atoms with E-state index in [-0.39, 0.29) is 5.82 Å². The number of halogens is 1. The molecule has 0 saturated heterocycles. The number of aryl methyl sites for hydroxylation is 1. The normalized spacial score (nSPS) is 10.1. The van der Waals surface area contributed by atoms with Crippen LogP contribution < -0.4 is 4.90 Å². The van der Waals surface area contributed by atoms with E-state index < -0.39 is 0 Å². The zero-order valence-electron chi connectivity index (χ0n) is 9.16. The lowest BCUT2D eigenvalue weighted by Gasteiger charge is -2.17. The fraction of sp³-hybridized carbons (Fsp3) is 0.417. The molecular formula is C12H16FNO. The summed E-state index contributed by atoms with van der Waals surface area (Å²) in [4.78, 5) is 12.2. The number of rotatable bonds is 5. The maximum Gasteiger partial charge on any atom is 0.123 e. The van der Waals surface area contributed by atoms with Crippen molar-refractivity contribution in [2.45, 2.75) is 19.3 Å². The van der Waals surface area contributed by atoms with Crippen molar-refractivity contribution in [3.8, 4) is 0 Å². The summed E-state index contributed by atoms with van der Waals surface area (Å²) in [6, 6.07) is 4.77. The van der Waals surface area contributed by atoms with Crippen LogP contribution in [0.3, 0.4) is 0 Å². The fourth-order valence-corrected chi connectivity index (χ4v) is 1.57. The van der Waals surface area contributed by atoms with Gasteiger partial charge in [-0.25, -0.2) is 4.39 Å². The molecule has 0 saturated carbocycles. The molecule has 0 atom stereocenters. The molecule has 0 bridgehead atoms. The van der Waals surface area contributed by atoms with Crippen LogP contribution in [0.25, 0.3) is 0 Å². The molecule has 0 aromatic heterocycles. The monoisotopic (exact) mass is 209 g/mol. The van der Waals surface area contributed by atoms with E-state index in [1.807, 2.05) is 19.0 Å². The molecule has 0 unspecified atom stereocenters. The number of hydrogen-bond donors (Lipinski definition) is 0. The van der Waals surface area contributed by atoms with Gasteiger partial charge >= 0.3 is 0 Å². The summed E-state index contributed by atoms with van der Waals surface area (Å²) in [6.45, 7) is 0. The van der Waals surface area contributed by atoms with Gasteiger partial charge in [-0.05, 0) is 36.6 Å². The highest BCUT2D eigenvalue weighted by Gasteiger charge is 2.05. The van der Waals surface area contributed by atoms with Gasteiger partial charge in [0.1, 0.15) is 12.1 Å². The van der Waals surface area contributed by atoms with E-state index in [4.69, 9.17) is 0 Å². The van der Waals surface area contributed by atoms with Gasteiger partial charge in [0.05, 0.1) is 0 Å². The third-order valence-electron chi connectivity index (χ3n) is 2.29. The molecule has 1 aromatic rings. The molecule has 0 N–H and O–H groups in total. The van der Waals surface area contributed by atoms with Gasteiger partial charge in [0.15, 0.2) is 0 Å². The fourth-order valence-electron chi connectivity index (χ4n) is 1.57. The Balaban J connectivity index is 2.82. The van der Waals surface area contributed by atoms with Gasteiger partial charge in [0, 0.05) is 26.2 Å². The van der Waals surface area contributed by atoms with E-state index in [0.717, 1.165) is 30.4 Å². The van der Waals surface area contributed by atoms with Gasteiger partial charge in [-0.2, -0.15) is 0 Å². The number of hydrogen-bond acceptors (Lipinski definition) is 2. The van der Waals surface area contributed by atoms with Gasteiger partial charge < -0.3 is 9.69 Å². The Morgan fingerprint density at radius 2 is 2.13 bits per heavy atom. The van der Waals surface area contributed by atoms with Crippen molar-refractivity contribution >= 4 is 12.0 Å². The van der Waals surface area contributed by atoms with Crippen molar-refractivity contribution in [2.24, 2.45) is 0 Å². The third-order valence-corrected chi connectivity index (χ3v) is 2.29. The second-order valence-corrected chi connectivity index (χ2v) is 3.73. The zero-order chi connectivity index (χ0) is 11.3. The lowest BCUT2D eigenvalue weighted by Crippen LogP contribution is -2.11. The SMILES string of the molecule is CN(C)c1ccc(F)cc1CCCC=O. The molecule has 0 fully saturated rings. The maximum absolute atomic E-state index is 13.0. The van der Waals surface area contributed by atoms with Crippen molar-refractivity contribution in [3.05, 3.63) is 29.6 Å². The molecule has 1 aromatic carbocycles. The molecule has 15 heavy (non-hydrogen) atoms. The Kier molecular flexibility index (Phi) is 4.28. The maximum atomic E-state index is 13.0. The summed E-state index contributed by atoms with van der Waals surface area (Å²) in [5.41, 5.74) is 1.98. The molecule has 0 amide bonds. The molecule has 82 valence electrons. The van der Waals surface area contributed by atoms with Crippen LogP contribution in [0.2, 0.25) is 0 Å². The second-order valence-electron chi connectivity index (χ2n) is 3.73. The molecule has 0 spiro atoms. The number of anilines is 1. The van der Waals surface area contributed by atoms with Gasteiger partial charge in [0.25, 0.3) is 0 Å². The molecule has 0 radical (unpaired) electrons. The van der Waals surface area contributed by atoms with Crippen molar-refractivity contribution in [1.29, 1.82) is 0 Å². The first-order valence-electron chi connectivity index (χ1n) is 5.04. The van der Waals surface area contributed by atoms with Crippen LogP contribution in [0.15, 0.2) is 18.2 Å².